The standard InChI is InChI=1S/C21H21FN4O2S2/c1-29-16-9-4-3-8-15(16)24-20(28)17-19(23-10-11-27)25-18(26-21(17)30-2)13-6-5-7-14(22)12-13/h3-9,12,27H,10-11H2,1-2H3,(H,24,28)(H,23,25,26). The quantitative estimate of drug-likeness (QED) is 0.351. The summed E-state index contributed by atoms with van der Waals surface area (Å²) in [6.45, 7) is 0.0688. The molecule has 3 rings (SSSR count). The first-order valence-corrected chi connectivity index (χ1v) is 11.5. The van der Waals surface area contributed by atoms with Gasteiger partial charge in [0.05, 0.1) is 12.3 Å². The van der Waals surface area contributed by atoms with Crippen LogP contribution in [0.3, 0.4) is 0 Å². The number of aromatic nitrogens is 2. The van der Waals surface area contributed by atoms with Crippen LogP contribution >= 0.6 is 23.5 Å². The second-order valence-corrected chi connectivity index (χ2v) is 7.74. The molecule has 1 heterocycles. The number of aliphatic hydroxyl groups is 1. The van der Waals surface area contributed by atoms with Crippen LogP contribution in [0.5, 0.6) is 0 Å². The Balaban J connectivity index is 2.06. The number of nitrogens with one attached hydrogen (secondary N) is 2. The summed E-state index contributed by atoms with van der Waals surface area (Å²) in [5.41, 5.74) is 1.45. The third-order valence-electron chi connectivity index (χ3n) is 4.14. The number of aliphatic hydroxyl groups excluding tert-OH is 1. The van der Waals surface area contributed by atoms with Crippen LogP contribution in [0.15, 0.2) is 58.5 Å². The van der Waals surface area contributed by atoms with Gasteiger partial charge in [-0.05, 0) is 36.8 Å². The largest absolute Gasteiger partial charge is 0.395 e. The fourth-order valence-corrected chi connectivity index (χ4v) is 3.91. The molecule has 3 N–H and O–H groups in total. The molecule has 3 aromatic rings. The van der Waals surface area contributed by atoms with Crippen molar-refractivity contribution in [3.05, 3.63) is 59.9 Å². The van der Waals surface area contributed by atoms with Crippen LogP contribution in [0, 0.1) is 5.82 Å². The van der Waals surface area contributed by atoms with Gasteiger partial charge in [-0.25, -0.2) is 14.4 Å². The summed E-state index contributed by atoms with van der Waals surface area (Å²) in [7, 11) is 0. The Bertz CT molecular complexity index is 1050. The molecule has 6 nitrogen and oxygen atoms in total. The highest BCUT2D eigenvalue weighted by atomic mass is 32.2. The molecule has 0 radical (unpaired) electrons. The SMILES string of the molecule is CSc1ccccc1NC(=O)c1c(NCCO)nc(-c2cccc(F)c2)nc1SC. The molecule has 1 aromatic heterocycles. The fourth-order valence-electron chi connectivity index (χ4n) is 2.78. The summed E-state index contributed by atoms with van der Waals surface area (Å²) >= 11 is 2.82. The predicted octanol–water partition coefficient (Wildman–Crippen LogP) is 4.38. The summed E-state index contributed by atoms with van der Waals surface area (Å²) in [5.74, 6) is -0.198. The molecule has 156 valence electrons. The molecule has 0 aliphatic rings. The van der Waals surface area contributed by atoms with Crippen molar-refractivity contribution < 1.29 is 14.3 Å². The predicted molar refractivity (Wildman–Crippen MR) is 121 cm³/mol. The monoisotopic (exact) mass is 444 g/mol. The van der Waals surface area contributed by atoms with Crippen LogP contribution in [-0.4, -0.2) is 46.6 Å². The molecule has 0 unspecified atom stereocenters. The topological polar surface area (TPSA) is 87.1 Å². The van der Waals surface area contributed by atoms with Crippen LogP contribution in [0.25, 0.3) is 11.4 Å². The molecule has 1 amide bonds. The Morgan fingerprint density at radius 1 is 1.10 bits per heavy atom. The highest BCUT2D eigenvalue weighted by Crippen LogP contribution is 2.31. The molecule has 0 aliphatic heterocycles. The van der Waals surface area contributed by atoms with Crippen molar-refractivity contribution in [1.82, 2.24) is 9.97 Å². The van der Waals surface area contributed by atoms with Gasteiger partial charge in [0, 0.05) is 17.0 Å². The third-order valence-corrected chi connectivity index (χ3v) is 5.62. The summed E-state index contributed by atoms with van der Waals surface area (Å²) in [6.07, 6.45) is 3.74. The summed E-state index contributed by atoms with van der Waals surface area (Å²) in [6, 6.07) is 13.5. The van der Waals surface area contributed by atoms with Crippen molar-refractivity contribution >= 4 is 40.9 Å². The van der Waals surface area contributed by atoms with Crippen molar-refractivity contribution in [2.45, 2.75) is 9.92 Å². The van der Waals surface area contributed by atoms with Gasteiger partial charge < -0.3 is 15.7 Å². The lowest BCUT2D eigenvalue weighted by atomic mass is 10.2. The van der Waals surface area contributed by atoms with Gasteiger partial charge in [0.15, 0.2) is 5.82 Å². The van der Waals surface area contributed by atoms with Crippen molar-refractivity contribution in [3.8, 4) is 11.4 Å². The van der Waals surface area contributed by atoms with Crippen LogP contribution in [0.1, 0.15) is 10.4 Å². The molecule has 0 saturated heterocycles. The van der Waals surface area contributed by atoms with Crippen molar-refractivity contribution in [2.75, 3.05) is 36.3 Å². The number of halogens is 1. The van der Waals surface area contributed by atoms with Gasteiger partial charge in [-0.1, -0.05) is 24.3 Å². The molecule has 0 aliphatic carbocycles. The number of amides is 1. The van der Waals surface area contributed by atoms with Gasteiger partial charge in [0.2, 0.25) is 0 Å². The highest BCUT2D eigenvalue weighted by molar-refractivity contribution is 7.99. The van der Waals surface area contributed by atoms with E-state index in [9.17, 15) is 14.3 Å². The minimum atomic E-state index is -0.401. The fraction of sp³-hybridized carbons (Fsp3) is 0.190. The number of rotatable bonds is 8. The highest BCUT2D eigenvalue weighted by Gasteiger charge is 2.22. The van der Waals surface area contributed by atoms with E-state index in [0.717, 1.165) is 4.90 Å². The Kier molecular flexibility index (Phi) is 7.67. The van der Waals surface area contributed by atoms with E-state index in [1.54, 1.807) is 18.4 Å². The Labute approximate surface area is 182 Å². The van der Waals surface area contributed by atoms with Gasteiger partial charge >= 0.3 is 0 Å². The lowest BCUT2D eigenvalue weighted by Crippen LogP contribution is -2.20. The number of carbonyl (C=O) groups excluding carboxylic acids is 1. The van der Waals surface area contributed by atoms with Gasteiger partial charge in [0.25, 0.3) is 5.91 Å². The first-order chi connectivity index (χ1) is 14.6. The molecule has 0 fully saturated rings. The molecule has 0 spiro atoms. The van der Waals surface area contributed by atoms with E-state index in [4.69, 9.17) is 0 Å². The minimum absolute atomic E-state index is 0.135. The van der Waals surface area contributed by atoms with E-state index in [-0.39, 0.29) is 30.4 Å². The van der Waals surface area contributed by atoms with E-state index in [2.05, 4.69) is 20.6 Å². The van der Waals surface area contributed by atoms with Gasteiger partial charge in [-0.15, -0.1) is 23.5 Å². The van der Waals surface area contributed by atoms with Crippen LogP contribution < -0.4 is 10.6 Å². The van der Waals surface area contributed by atoms with E-state index >= 15 is 0 Å². The number of nitrogens with zero attached hydrogens (tertiary/aromatic N) is 2. The molecule has 0 bridgehead atoms. The molecule has 0 atom stereocenters. The summed E-state index contributed by atoms with van der Waals surface area (Å²) in [4.78, 5) is 23.1. The van der Waals surface area contributed by atoms with Crippen LogP contribution in [0.2, 0.25) is 0 Å². The van der Waals surface area contributed by atoms with E-state index in [1.807, 2.05) is 30.5 Å². The lowest BCUT2D eigenvalue weighted by Gasteiger charge is -2.16. The van der Waals surface area contributed by atoms with Crippen molar-refractivity contribution in [1.29, 1.82) is 0 Å². The third kappa shape index (κ3) is 5.10. The molecule has 2 aromatic carbocycles. The molecule has 30 heavy (non-hydrogen) atoms. The van der Waals surface area contributed by atoms with E-state index in [1.165, 1.54) is 35.7 Å². The Morgan fingerprint density at radius 3 is 2.60 bits per heavy atom. The molecular weight excluding hydrogens is 423 g/mol. The maximum Gasteiger partial charge on any atom is 0.262 e. The number of carbonyl (C=O) groups is 1. The average molecular weight is 445 g/mol. The zero-order valence-corrected chi connectivity index (χ0v) is 18.1. The van der Waals surface area contributed by atoms with Crippen LogP contribution in [-0.2, 0) is 0 Å². The molecule has 0 saturated carbocycles. The summed E-state index contributed by atoms with van der Waals surface area (Å²) < 4.78 is 13.7. The van der Waals surface area contributed by atoms with Gasteiger partial charge in [-0.2, -0.15) is 0 Å². The number of hydrogen-bond acceptors (Lipinski definition) is 7. The summed E-state index contributed by atoms with van der Waals surface area (Å²) in [5, 5.41) is 15.6. The van der Waals surface area contributed by atoms with Gasteiger partial charge in [0.1, 0.15) is 22.2 Å². The first kappa shape index (κ1) is 22.1. The number of anilines is 2. The van der Waals surface area contributed by atoms with Crippen molar-refractivity contribution in [2.24, 2.45) is 0 Å². The molecule has 9 heteroatoms. The number of thioether (sulfide) groups is 2. The van der Waals surface area contributed by atoms with Gasteiger partial charge in [-0.3, -0.25) is 4.79 Å². The average Bonchev–Trinajstić information content (AvgIpc) is 2.77. The maximum absolute atomic E-state index is 13.7. The zero-order valence-electron chi connectivity index (χ0n) is 16.5. The first-order valence-electron chi connectivity index (χ1n) is 9.08. The second kappa shape index (κ2) is 10.4. The zero-order chi connectivity index (χ0) is 21.5. The van der Waals surface area contributed by atoms with E-state index in [0.29, 0.717) is 22.1 Å². The van der Waals surface area contributed by atoms with Crippen molar-refractivity contribution in [3.63, 3.8) is 0 Å². The number of para-hydroxylation sites is 1. The normalized spacial score (nSPS) is 10.7. The second-order valence-electron chi connectivity index (χ2n) is 6.10. The molecular formula is C21H21FN4O2S2. The smallest absolute Gasteiger partial charge is 0.262 e. The number of hydrogen-bond donors (Lipinski definition) is 3. The maximum atomic E-state index is 13.7. The lowest BCUT2D eigenvalue weighted by molar-refractivity contribution is 0.102. The Morgan fingerprint density at radius 2 is 1.90 bits per heavy atom. The van der Waals surface area contributed by atoms with Crippen LogP contribution in [0.4, 0.5) is 15.9 Å². The Hall–Kier alpha value is -2.62. The number of benzene rings is 2. The minimum Gasteiger partial charge on any atom is -0.395 e. The van der Waals surface area contributed by atoms with E-state index < -0.39 is 5.82 Å².